The Kier molecular flexibility index (Phi) is 5.78. The molecule has 42 heavy (non-hydrogen) atoms. The van der Waals surface area contributed by atoms with Crippen LogP contribution < -0.4 is 10.5 Å². The average Bonchev–Trinajstić information content (AvgIpc) is 3.58. The van der Waals surface area contributed by atoms with Crippen molar-refractivity contribution < 1.29 is 0 Å². The number of nitrogens with zero attached hydrogens (tertiary/aromatic N) is 3. The third kappa shape index (κ3) is 4.04. The molecule has 3 nitrogen and oxygen atoms in total. The Morgan fingerprint density at radius 2 is 1.19 bits per heavy atom. The molecule has 3 heterocycles. The van der Waals surface area contributed by atoms with E-state index in [1.807, 2.05) is 6.07 Å². The molecule has 0 saturated heterocycles. The molecule has 8 rings (SSSR count). The molecule has 0 unspecified atom stereocenters. The zero-order chi connectivity index (χ0) is 28.3. The summed E-state index contributed by atoms with van der Waals surface area (Å²) in [6, 6.07) is 45.0. The molecule has 1 aliphatic heterocycles. The van der Waals surface area contributed by atoms with Crippen molar-refractivity contribution in [3.63, 3.8) is 0 Å². The lowest BCUT2D eigenvalue weighted by atomic mass is 9.99. The molecule has 0 amide bonds. The highest BCUT2D eigenvalue weighted by molar-refractivity contribution is 7.21. The van der Waals surface area contributed by atoms with Crippen LogP contribution in [-0.2, 0) is 0 Å². The second-order valence-corrected chi connectivity index (χ2v) is 16.6. The van der Waals surface area contributed by atoms with E-state index in [9.17, 15) is 0 Å². The van der Waals surface area contributed by atoms with Gasteiger partial charge in [-0.05, 0) is 46.1 Å². The lowest BCUT2D eigenvalue weighted by Crippen LogP contribution is -2.50. The molecule has 200 valence electrons. The minimum Gasteiger partial charge on any atom is -0.237 e. The Morgan fingerprint density at radius 3 is 2.00 bits per heavy atom. The first kappa shape index (κ1) is 25.0. The van der Waals surface area contributed by atoms with Crippen LogP contribution in [-0.4, -0.2) is 23.0 Å². The molecule has 0 N–H and O–H groups in total. The molecule has 0 fully saturated rings. The van der Waals surface area contributed by atoms with E-state index >= 15 is 0 Å². The summed E-state index contributed by atoms with van der Waals surface area (Å²) in [6.45, 7) is 4.82. The number of hydrogen-bond acceptors (Lipinski definition) is 4. The third-order valence-electron chi connectivity index (χ3n) is 8.28. The normalized spacial score (nSPS) is 13.2. The van der Waals surface area contributed by atoms with Crippen molar-refractivity contribution in [2.75, 3.05) is 0 Å². The highest BCUT2D eigenvalue weighted by atomic mass is 32.1. The van der Waals surface area contributed by atoms with E-state index < -0.39 is 8.07 Å². The van der Waals surface area contributed by atoms with Crippen LogP contribution in [0, 0.1) is 0 Å². The highest BCUT2D eigenvalue weighted by Crippen LogP contribution is 2.37. The van der Waals surface area contributed by atoms with Crippen molar-refractivity contribution in [1.29, 1.82) is 0 Å². The standard InChI is InChI=1S/C37H27N3SSi/c1-42(2)32-21-9-6-18-29(32)33-34(24-12-4-3-5-13-24)39-35(40-37(33)42)27-16-10-14-25(22-27)26-15-11-17-28(23-26)36-38-30-19-7-8-20-31(30)41-36/h3-23H,1-2H3. The quantitative estimate of drug-likeness (QED) is 0.198. The van der Waals surface area contributed by atoms with E-state index in [0.717, 1.165) is 49.9 Å². The van der Waals surface area contributed by atoms with Crippen LogP contribution in [0.5, 0.6) is 0 Å². The summed E-state index contributed by atoms with van der Waals surface area (Å²) in [5.74, 6) is 0.783. The number of para-hydroxylation sites is 1. The maximum absolute atomic E-state index is 5.34. The Labute approximate surface area is 250 Å². The van der Waals surface area contributed by atoms with E-state index in [4.69, 9.17) is 15.0 Å². The van der Waals surface area contributed by atoms with Gasteiger partial charge in [-0.15, -0.1) is 11.3 Å². The van der Waals surface area contributed by atoms with Crippen LogP contribution in [0.2, 0.25) is 13.1 Å². The minimum atomic E-state index is -2.00. The molecular formula is C37H27N3SSi. The van der Waals surface area contributed by atoms with Crippen LogP contribution in [0.3, 0.4) is 0 Å². The van der Waals surface area contributed by atoms with Crippen molar-refractivity contribution in [1.82, 2.24) is 15.0 Å². The Balaban J connectivity index is 1.26. The SMILES string of the molecule is C[Si]1(C)c2ccccc2-c2c(-c3ccccc3)nc(-c3cccc(-c4cccc(-c5nc6ccccc6s5)c4)c3)nc21. The van der Waals surface area contributed by atoms with Crippen molar-refractivity contribution in [2.45, 2.75) is 13.1 Å². The topological polar surface area (TPSA) is 38.7 Å². The molecular weight excluding hydrogens is 547 g/mol. The number of rotatable bonds is 4. The molecule has 0 atom stereocenters. The zero-order valence-electron chi connectivity index (χ0n) is 23.4. The monoisotopic (exact) mass is 573 g/mol. The van der Waals surface area contributed by atoms with Gasteiger partial charge in [-0.1, -0.05) is 116 Å². The second kappa shape index (κ2) is 9.69. The van der Waals surface area contributed by atoms with Gasteiger partial charge in [-0.2, -0.15) is 0 Å². The average molecular weight is 574 g/mol. The first-order valence-corrected chi connectivity index (χ1v) is 18.0. The number of hydrogen-bond donors (Lipinski definition) is 0. The second-order valence-electron chi connectivity index (χ2n) is 11.3. The number of fused-ring (bicyclic) bond motifs is 4. The van der Waals surface area contributed by atoms with Crippen LogP contribution in [0.25, 0.3) is 65.7 Å². The summed E-state index contributed by atoms with van der Waals surface area (Å²) in [5, 5.41) is 3.69. The number of thiazole rings is 1. The van der Waals surface area contributed by atoms with Gasteiger partial charge < -0.3 is 0 Å². The van der Waals surface area contributed by atoms with Gasteiger partial charge >= 0.3 is 0 Å². The molecule has 7 aromatic rings. The third-order valence-corrected chi connectivity index (χ3v) is 12.7. The van der Waals surface area contributed by atoms with Crippen molar-refractivity contribution in [3.8, 4) is 55.5 Å². The minimum absolute atomic E-state index is 0.783. The van der Waals surface area contributed by atoms with E-state index in [1.54, 1.807) is 11.3 Å². The molecule has 0 saturated carbocycles. The Bertz CT molecular complexity index is 2100. The van der Waals surface area contributed by atoms with Gasteiger partial charge in [0.1, 0.15) is 13.1 Å². The van der Waals surface area contributed by atoms with Crippen molar-refractivity contribution in [3.05, 3.63) is 127 Å². The van der Waals surface area contributed by atoms with Crippen LogP contribution in [0.4, 0.5) is 0 Å². The van der Waals surface area contributed by atoms with Crippen LogP contribution >= 0.6 is 11.3 Å². The molecule has 0 spiro atoms. The van der Waals surface area contributed by atoms with E-state index in [1.165, 1.54) is 26.3 Å². The fraction of sp³-hybridized carbons (Fsp3) is 0.0541. The fourth-order valence-electron chi connectivity index (χ4n) is 6.14. The van der Waals surface area contributed by atoms with Gasteiger partial charge in [0.05, 0.1) is 15.9 Å². The van der Waals surface area contributed by atoms with E-state index in [0.29, 0.717) is 0 Å². The lowest BCUT2D eigenvalue weighted by molar-refractivity contribution is 1.21. The van der Waals surface area contributed by atoms with Gasteiger partial charge in [0.15, 0.2) is 5.82 Å². The van der Waals surface area contributed by atoms with Gasteiger partial charge in [0.25, 0.3) is 0 Å². The van der Waals surface area contributed by atoms with E-state index in [-0.39, 0.29) is 0 Å². The van der Waals surface area contributed by atoms with Gasteiger partial charge in [-0.3, -0.25) is 0 Å². The highest BCUT2D eigenvalue weighted by Gasteiger charge is 2.41. The molecule has 5 aromatic carbocycles. The molecule has 2 aromatic heterocycles. The predicted molar refractivity (Wildman–Crippen MR) is 179 cm³/mol. The maximum atomic E-state index is 5.34. The van der Waals surface area contributed by atoms with E-state index in [2.05, 4.69) is 134 Å². The number of aromatic nitrogens is 3. The van der Waals surface area contributed by atoms with Crippen LogP contribution in [0.1, 0.15) is 0 Å². The number of benzene rings is 5. The van der Waals surface area contributed by atoms with Gasteiger partial charge in [0, 0.05) is 27.6 Å². The lowest BCUT2D eigenvalue weighted by Gasteiger charge is -2.19. The van der Waals surface area contributed by atoms with Gasteiger partial charge in [-0.25, -0.2) is 15.0 Å². The first-order chi connectivity index (χ1) is 20.6. The summed E-state index contributed by atoms with van der Waals surface area (Å²) >= 11 is 1.73. The summed E-state index contributed by atoms with van der Waals surface area (Å²) in [6.07, 6.45) is 0. The molecule has 0 radical (unpaired) electrons. The fourth-order valence-corrected chi connectivity index (χ4v) is 10.0. The van der Waals surface area contributed by atoms with Crippen LogP contribution in [0.15, 0.2) is 127 Å². The smallest absolute Gasteiger partial charge is 0.159 e. The summed E-state index contributed by atoms with van der Waals surface area (Å²) in [4.78, 5) is 15.5. The van der Waals surface area contributed by atoms with Gasteiger partial charge in [0.2, 0.25) is 0 Å². The largest absolute Gasteiger partial charge is 0.237 e. The zero-order valence-corrected chi connectivity index (χ0v) is 25.2. The molecule has 1 aliphatic rings. The maximum Gasteiger partial charge on any atom is 0.159 e. The molecule has 5 heteroatoms. The van der Waals surface area contributed by atoms with Crippen molar-refractivity contribution in [2.24, 2.45) is 0 Å². The predicted octanol–water partition coefficient (Wildman–Crippen LogP) is 8.56. The summed E-state index contributed by atoms with van der Waals surface area (Å²) < 4.78 is 1.21. The summed E-state index contributed by atoms with van der Waals surface area (Å²) in [7, 11) is -2.00. The summed E-state index contributed by atoms with van der Waals surface area (Å²) in [5.41, 5.74) is 10.1. The Morgan fingerprint density at radius 1 is 0.548 bits per heavy atom. The Hall–Kier alpha value is -4.71. The van der Waals surface area contributed by atoms with Crippen molar-refractivity contribution >= 4 is 40.1 Å². The molecule has 0 aliphatic carbocycles. The first-order valence-electron chi connectivity index (χ1n) is 14.2. The molecule has 0 bridgehead atoms.